The van der Waals surface area contributed by atoms with Gasteiger partial charge in [-0.15, -0.1) is 0 Å². The second-order valence-electron chi connectivity index (χ2n) is 6.32. The van der Waals surface area contributed by atoms with Crippen molar-refractivity contribution in [2.24, 2.45) is 0 Å². The molecule has 0 amide bonds. The normalized spacial score (nSPS) is 26.3. The molecule has 0 radical (unpaired) electrons. The topological polar surface area (TPSA) is 38.8 Å². The molecule has 4 heteroatoms. The minimum atomic E-state index is -0.499. The summed E-state index contributed by atoms with van der Waals surface area (Å²) in [5.74, 6) is 0.709. The predicted octanol–water partition coefficient (Wildman–Crippen LogP) is 3.11. The van der Waals surface area contributed by atoms with E-state index < -0.39 is 6.23 Å². The number of methoxy groups -OCH3 is 1. The van der Waals surface area contributed by atoms with Crippen LogP contribution in [0.5, 0.6) is 0 Å². The molecule has 1 saturated heterocycles. The first-order valence-corrected chi connectivity index (χ1v) is 8.28. The van der Waals surface area contributed by atoms with Gasteiger partial charge in [-0.3, -0.25) is 4.79 Å². The highest BCUT2D eigenvalue weighted by Crippen LogP contribution is 2.34. The van der Waals surface area contributed by atoms with Crippen molar-refractivity contribution < 1.29 is 14.3 Å². The van der Waals surface area contributed by atoms with E-state index in [4.69, 9.17) is 9.47 Å². The second-order valence-corrected chi connectivity index (χ2v) is 6.32. The third-order valence-corrected chi connectivity index (χ3v) is 4.81. The van der Waals surface area contributed by atoms with Crippen molar-refractivity contribution >= 4 is 12.0 Å². The van der Waals surface area contributed by atoms with Crippen molar-refractivity contribution in [3.63, 3.8) is 0 Å². The van der Waals surface area contributed by atoms with Crippen molar-refractivity contribution in [3.8, 4) is 0 Å². The Labute approximate surface area is 132 Å². The number of ether oxygens (including phenoxy) is 2. The summed E-state index contributed by atoms with van der Waals surface area (Å²) in [6, 6.07) is 8.69. The van der Waals surface area contributed by atoms with Crippen LogP contribution in [0.1, 0.15) is 43.6 Å². The van der Waals surface area contributed by atoms with Crippen LogP contribution < -0.4 is 4.90 Å². The fraction of sp³-hybridized carbons (Fsp3) is 0.611. The first-order valence-electron chi connectivity index (χ1n) is 8.28. The van der Waals surface area contributed by atoms with Gasteiger partial charge in [-0.05, 0) is 36.5 Å². The number of rotatable bonds is 5. The monoisotopic (exact) mass is 303 g/mol. The van der Waals surface area contributed by atoms with Crippen LogP contribution in [-0.4, -0.2) is 38.9 Å². The highest BCUT2D eigenvalue weighted by Gasteiger charge is 2.32. The average molecular weight is 303 g/mol. The van der Waals surface area contributed by atoms with Crippen LogP contribution in [0.4, 0.5) is 5.69 Å². The highest BCUT2D eigenvalue weighted by molar-refractivity contribution is 5.65. The Hall–Kier alpha value is -1.39. The number of nitrogens with zero attached hydrogens (tertiary/aromatic N) is 1. The minimum absolute atomic E-state index is 0.0433. The van der Waals surface area contributed by atoms with Gasteiger partial charge in [-0.2, -0.15) is 0 Å². The summed E-state index contributed by atoms with van der Waals surface area (Å²) in [5, 5.41) is 0. The van der Waals surface area contributed by atoms with E-state index in [-0.39, 0.29) is 6.10 Å². The Balaban J connectivity index is 1.70. The maximum absolute atomic E-state index is 11.2. The number of carbonyl (C=O) groups excluding carboxylic acids is 1. The minimum Gasteiger partial charge on any atom is -0.382 e. The van der Waals surface area contributed by atoms with E-state index in [1.807, 2.05) is 4.90 Å². The summed E-state index contributed by atoms with van der Waals surface area (Å²) in [4.78, 5) is 13.3. The molecule has 1 aromatic rings. The lowest BCUT2D eigenvalue weighted by Crippen LogP contribution is -2.31. The Morgan fingerprint density at radius 1 is 1.23 bits per heavy atom. The van der Waals surface area contributed by atoms with E-state index in [0.29, 0.717) is 19.1 Å². The van der Waals surface area contributed by atoms with E-state index >= 15 is 0 Å². The molecule has 4 nitrogen and oxygen atoms in total. The maximum Gasteiger partial charge on any atom is 0.187 e. The lowest BCUT2D eigenvalue weighted by Gasteiger charge is -2.24. The zero-order valence-electron chi connectivity index (χ0n) is 13.2. The van der Waals surface area contributed by atoms with Crippen LogP contribution in [0.25, 0.3) is 0 Å². The summed E-state index contributed by atoms with van der Waals surface area (Å²) < 4.78 is 10.8. The lowest BCUT2D eigenvalue weighted by atomic mass is 9.84. The van der Waals surface area contributed by atoms with Crippen molar-refractivity contribution in [2.75, 3.05) is 25.2 Å². The van der Waals surface area contributed by atoms with Crippen molar-refractivity contribution in [1.82, 2.24) is 0 Å². The molecule has 2 atom stereocenters. The molecular weight excluding hydrogens is 278 g/mol. The molecule has 1 aromatic carbocycles. The van der Waals surface area contributed by atoms with E-state index in [2.05, 4.69) is 24.3 Å². The lowest BCUT2D eigenvalue weighted by molar-refractivity contribution is -0.118. The van der Waals surface area contributed by atoms with Gasteiger partial charge in [0, 0.05) is 19.3 Å². The molecule has 0 bridgehead atoms. The molecule has 1 unspecified atom stereocenters. The molecule has 0 N–H and O–H groups in total. The quantitative estimate of drug-likeness (QED) is 0.784. The predicted molar refractivity (Wildman–Crippen MR) is 86.2 cm³/mol. The Morgan fingerprint density at radius 3 is 2.59 bits per heavy atom. The van der Waals surface area contributed by atoms with Crippen LogP contribution >= 0.6 is 0 Å². The van der Waals surface area contributed by atoms with E-state index in [9.17, 15) is 4.79 Å². The third kappa shape index (κ3) is 3.33. The van der Waals surface area contributed by atoms with Gasteiger partial charge in [-0.25, -0.2) is 0 Å². The fourth-order valence-corrected chi connectivity index (χ4v) is 3.65. The number of hydrogen-bond donors (Lipinski definition) is 0. The summed E-state index contributed by atoms with van der Waals surface area (Å²) in [6.07, 6.45) is 7.00. The van der Waals surface area contributed by atoms with Gasteiger partial charge in [0.05, 0.1) is 6.61 Å². The first kappa shape index (κ1) is 15.5. The maximum atomic E-state index is 11.2. The number of benzene rings is 1. The van der Waals surface area contributed by atoms with Gasteiger partial charge in [0.2, 0.25) is 0 Å². The Kier molecular flexibility index (Phi) is 5.11. The molecule has 22 heavy (non-hydrogen) atoms. The van der Waals surface area contributed by atoms with Gasteiger partial charge in [0.25, 0.3) is 0 Å². The van der Waals surface area contributed by atoms with Gasteiger partial charge in [0.15, 0.2) is 12.5 Å². The molecule has 120 valence electrons. The van der Waals surface area contributed by atoms with E-state index in [1.54, 1.807) is 7.11 Å². The molecule has 3 rings (SSSR count). The summed E-state index contributed by atoms with van der Waals surface area (Å²) in [6.45, 7) is 1.21. The summed E-state index contributed by atoms with van der Waals surface area (Å²) >= 11 is 0. The highest BCUT2D eigenvalue weighted by atomic mass is 16.6. The zero-order valence-corrected chi connectivity index (χ0v) is 13.2. The van der Waals surface area contributed by atoms with Gasteiger partial charge >= 0.3 is 0 Å². The number of hydrogen-bond acceptors (Lipinski definition) is 4. The molecule has 1 aliphatic heterocycles. The fourth-order valence-electron chi connectivity index (χ4n) is 3.65. The summed E-state index contributed by atoms with van der Waals surface area (Å²) in [5.41, 5.74) is 2.48. The standard InChI is InChI=1S/C18H25NO3/c1-21-13-17-11-19(18(12-20)22-17)16-9-7-15(8-10-16)14-5-3-2-4-6-14/h7-10,12,14,17-18H,2-6,11,13H2,1H3/t17-,18?/m1/s1. The average Bonchev–Trinajstić information content (AvgIpc) is 2.99. The number of anilines is 1. The van der Waals surface area contributed by atoms with Crippen molar-refractivity contribution in [3.05, 3.63) is 29.8 Å². The molecular formula is C18H25NO3. The largest absolute Gasteiger partial charge is 0.382 e. The van der Waals surface area contributed by atoms with Crippen LogP contribution in [-0.2, 0) is 14.3 Å². The van der Waals surface area contributed by atoms with Gasteiger partial charge in [-0.1, -0.05) is 31.4 Å². The van der Waals surface area contributed by atoms with E-state index in [1.165, 1.54) is 37.7 Å². The van der Waals surface area contributed by atoms with E-state index in [0.717, 1.165) is 12.0 Å². The molecule has 1 aliphatic carbocycles. The Bertz CT molecular complexity index is 482. The zero-order chi connectivity index (χ0) is 15.4. The second kappa shape index (κ2) is 7.25. The van der Waals surface area contributed by atoms with Crippen LogP contribution in [0.15, 0.2) is 24.3 Å². The smallest absolute Gasteiger partial charge is 0.187 e. The van der Waals surface area contributed by atoms with Gasteiger partial charge < -0.3 is 14.4 Å². The van der Waals surface area contributed by atoms with Crippen LogP contribution in [0, 0.1) is 0 Å². The number of aldehydes is 1. The van der Waals surface area contributed by atoms with Crippen LogP contribution in [0.3, 0.4) is 0 Å². The summed E-state index contributed by atoms with van der Waals surface area (Å²) in [7, 11) is 1.65. The van der Waals surface area contributed by atoms with Crippen LogP contribution in [0.2, 0.25) is 0 Å². The molecule has 1 heterocycles. The molecule has 0 aromatic heterocycles. The molecule has 2 fully saturated rings. The van der Waals surface area contributed by atoms with Gasteiger partial charge in [0.1, 0.15) is 6.10 Å². The van der Waals surface area contributed by atoms with Crippen molar-refractivity contribution in [1.29, 1.82) is 0 Å². The number of carbonyl (C=O) groups is 1. The Morgan fingerprint density at radius 2 is 1.95 bits per heavy atom. The van der Waals surface area contributed by atoms with Crippen molar-refractivity contribution in [2.45, 2.75) is 50.4 Å². The molecule has 0 spiro atoms. The third-order valence-electron chi connectivity index (χ3n) is 4.81. The SMILES string of the molecule is COC[C@H]1CN(c2ccc(C3CCCCC3)cc2)C(C=O)O1. The molecule has 2 aliphatic rings. The molecule has 1 saturated carbocycles. The first-order chi connectivity index (χ1) is 10.8.